The Morgan fingerprint density at radius 2 is 1.65 bits per heavy atom. The highest BCUT2D eigenvalue weighted by Crippen LogP contribution is 2.32. The molecule has 5 aromatic rings. The first kappa shape index (κ1) is 27.9. The Bertz CT molecular complexity index is 1760. The van der Waals surface area contributed by atoms with Crippen LogP contribution in [0.5, 0.6) is 0 Å². The van der Waals surface area contributed by atoms with E-state index in [1.54, 1.807) is 60.7 Å². The lowest BCUT2D eigenvalue weighted by Gasteiger charge is -2.30. The second-order valence-electron chi connectivity index (χ2n) is 10.1. The number of piperidine rings is 1. The highest BCUT2D eigenvalue weighted by atomic mass is 19.4. The number of amides is 2. The molecule has 3 aromatic carbocycles. The largest absolute Gasteiger partial charge is 0.408 e. The summed E-state index contributed by atoms with van der Waals surface area (Å²) in [6, 6.07) is 18.2. The van der Waals surface area contributed by atoms with E-state index in [-0.39, 0.29) is 16.8 Å². The first-order valence-corrected chi connectivity index (χ1v) is 13.6. The highest BCUT2D eigenvalue weighted by Gasteiger charge is 2.31. The van der Waals surface area contributed by atoms with E-state index in [2.05, 4.69) is 36.2 Å². The lowest BCUT2D eigenvalue weighted by molar-refractivity contribution is -0.141. The predicted molar refractivity (Wildman–Crippen MR) is 153 cm³/mol. The van der Waals surface area contributed by atoms with Crippen LogP contribution in [0.1, 0.15) is 40.1 Å². The minimum atomic E-state index is -4.51. The Kier molecular flexibility index (Phi) is 7.49. The van der Waals surface area contributed by atoms with Gasteiger partial charge in [-0.2, -0.15) is 18.3 Å². The van der Waals surface area contributed by atoms with Crippen molar-refractivity contribution in [3.63, 3.8) is 0 Å². The van der Waals surface area contributed by atoms with Crippen LogP contribution in [0, 0.1) is 0 Å². The molecule has 0 aliphatic carbocycles. The summed E-state index contributed by atoms with van der Waals surface area (Å²) in [7, 11) is 0. The molecule has 43 heavy (non-hydrogen) atoms. The van der Waals surface area contributed by atoms with Gasteiger partial charge in [0.15, 0.2) is 5.69 Å². The molecule has 1 saturated heterocycles. The van der Waals surface area contributed by atoms with Crippen molar-refractivity contribution < 1.29 is 22.8 Å². The topological polar surface area (TPSA) is 123 Å². The number of para-hydroxylation sites is 1. The lowest BCUT2D eigenvalue weighted by atomic mass is 10.1. The van der Waals surface area contributed by atoms with Gasteiger partial charge in [-0.05, 0) is 78.2 Å². The first-order valence-electron chi connectivity index (χ1n) is 13.6. The molecule has 1 fully saturated rings. The molecule has 2 amide bonds. The van der Waals surface area contributed by atoms with E-state index >= 15 is 0 Å². The van der Waals surface area contributed by atoms with Crippen LogP contribution in [0.2, 0.25) is 0 Å². The Morgan fingerprint density at radius 1 is 0.884 bits per heavy atom. The third-order valence-corrected chi connectivity index (χ3v) is 7.14. The van der Waals surface area contributed by atoms with E-state index in [1.165, 1.54) is 17.1 Å². The fourth-order valence-corrected chi connectivity index (χ4v) is 5.14. The number of halogens is 3. The molecule has 11 nitrogen and oxygen atoms in total. The Hall–Kier alpha value is -5.27. The Balaban J connectivity index is 1.29. The van der Waals surface area contributed by atoms with Gasteiger partial charge < -0.3 is 15.5 Å². The number of carbonyl (C=O) groups excluding carboxylic acids is 2. The van der Waals surface area contributed by atoms with Gasteiger partial charge in [0.05, 0.1) is 22.6 Å². The van der Waals surface area contributed by atoms with Crippen molar-refractivity contribution in [3.8, 4) is 5.69 Å². The number of hydrogen-bond donors (Lipinski definition) is 2. The summed E-state index contributed by atoms with van der Waals surface area (Å²) < 4.78 is 42.0. The molecule has 0 spiro atoms. The van der Waals surface area contributed by atoms with E-state index in [4.69, 9.17) is 0 Å². The predicted octanol–water partition coefficient (Wildman–Crippen LogP) is 5.07. The molecular weight excluding hydrogens is 563 g/mol. The fourth-order valence-electron chi connectivity index (χ4n) is 5.14. The quantitative estimate of drug-likeness (QED) is 0.272. The SMILES string of the molecule is O=C(Nc1ccc(-n2cnnn2)cc1)c1ccc(N2CCCCC2)c(NC(=O)c2nn(CC(F)(F)F)c3ccccc23)c1. The minimum absolute atomic E-state index is 0.137. The molecule has 1 aliphatic rings. The number of nitrogens with one attached hydrogen (secondary N) is 2. The average Bonchev–Trinajstić information content (AvgIpc) is 3.66. The van der Waals surface area contributed by atoms with Crippen molar-refractivity contribution >= 4 is 39.8 Å². The molecule has 0 radical (unpaired) electrons. The molecule has 0 unspecified atom stereocenters. The maximum atomic E-state index is 13.5. The van der Waals surface area contributed by atoms with Crippen LogP contribution in [-0.4, -0.2) is 61.1 Å². The molecule has 3 heterocycles. The summed E-state index contributed by atoms with van der Waals surface area (Å²) in [4.78, 5) is 28.9. The second-order valence-corrected chi connectivity index (χ2v) is 10.1. The molecule has 220 valence electrons. The van der Waals surface area contributed by atoms with E-state index in [1.807, 2.05) is 0 Å². The normalized spacial score (nSPS) is 13.7. The highest BCUT2D eigenvalue weighted by molar-refractivity contribution is 6.13. The zero-order valence-electron chi connectivity index (χ0n) is 22.8. The number of rotatable bonds is 7. The zero-order chi connectivity index (χ0) is 30.0. The summed E-state index contributed by atoms with van der Waals surface area (Å²) >= 11 is 0. The van der Waals surface area contributed by atoms with Gasteiger partial charge in [-0.25, -0.2) is 4.68 Å². The summed E-state index contributed by atoms with van der Waals surface area (Å²) in [6.07, 6.45) is -0.0184. The zero-order valence-corrected chi connectivity index (χ0v) is 22.8. The Morgan fingerprint density at radius 3 is 2.37 bits per heavy atom. The summed E-state index contributed by atoms with van der Waals surface area (Å²) in [5.74, 6) is -1.08. The van der Waals surface area contributed by atoms with Gasteiger partial charge in [-0.3, -0.25) is 14.3 Å². The molecular formula is C29H26F3N9O2. The van der Waals surface area contributed by atoms with Gasteiger partial charge in [0.25, 0.3) is 11.8 Å². The lowest BCUT2D eigenvalue weighted by Crippen LogP contribution is -2.30. The number of tetrazole rings is 1. The van der Waals surface area contributed by atoms with Crippen LogP contribution in [0.3, 0.4) is 0 Å². The monoisotopic (exact) mass is 589 g/mol. The first-order chi connectivity index (χ1) is 20.7. The van der Waals surface area contributed by atoms with E-state index < -0.39 is 24.5 Å². The number of hydrogen-bond acceptors (Lipinski definition) is 7. The standard InChI is InChI=1S/C29H26F3N9O2/c30-29(31,32)17-40-24-7-3-2-6-22(24)26(36-40)28(43)35-23-16-19(8-13-25(23)39-14-4-1-5-15-39)27(42)34-20-9-11-21(12-10-20)41-18-33-37-38-41/h2-3,6-13,16,18H,1,4-5,14-15,17H2,(H,34,42)(H,35,43). The van der Waals surface area contributed by atoms with Crippen molar-refractivity contribution in [3.05, 3.63) is 84.3 Å². The van der Waals surface area contributed by atoms with Crippen molar-refractivity contribution in [2.45, 2.75) is 32.0 Å². The van der Waals surface area contributed by atoms with Crippen LogP contribution in [0.15, 0.2) is 73.1 Å². The van der Waals surface area contributed by atoms with Crippen LogP contribution in [-0.2, 0) is 6.54 Å². The van der Waals surface area contributed by atoms with Gasteiger partial charge in [-0.1, -0.05) is 18.2 Å². The Labute approximate surface area is 243 Å². The molecule has 6 rings (SSSR count). The van der Waals surface area contributed by atoms with E-state index in [0.717, 1.165) is 42.7 Å². The van der Waals surface area contributed by atoms with Gasteiger partial charge in [0, 0.05) is 29.7 Å². The number of nitrogens with zero attached hydrogens (tertiary/aromatic N) is 7. The number of anilines is 3. The molecule has 2 N–H and O–H groups in total. The summed E-state index contributed by atoms with van der Waals surface area (Å²) in [5.41, 5.74) is 2.67. The third-order valence-electron chi connectivity index (χ3n) is 7.14. The molecule has 0 saturated carbocycles. The number of benzene rings is 3. The average molecular weight is 590 g/mol. The van der Waals surface area contributed by atoms with Gasteiger partial charge >= 0.3 is 6.18 Å². The molecule has 1 aliphatic heterocycles. The van der Waals surface area contributed by atoms with Gasteiger partial charge in [0.1, 0.15) is 12.9 Å². The maximum absolute atomic E-state index is 13.5. The van der Waals surface area contributed by atoms with Crippen LogP contribution in [0.25, 0.3) is 16.6 Å². The fraction of sp³-hybridized carbons (Fsp3) is 0.241. The number of aromatic nitrogens is 6. The summed E-state index contributed by atoms with van der Waals surface area (Å²) in [6.45, 7) is 0.211. The molecule has 0 bridgehead atoms. The second kappa shape index (κ2) is 11.5. The molecule has 14 heteroatoms. The van der Waals surface area contributed by atoms with Crippen LogP contribution < -0.4 is 15.5 Å². The van der Waals surface area contributed by atoms with Crippen molar-refractivity contribution in [2.24, 2.45) is 0 Å². The van der Waals surface area contributed by atoms with Crippen molar-refractivity contribution in [1.82, 2.24) is 30.0 Å². The van der Waals surface area contributed by atoms with E-state index in [9.17, 15) is 22.8 Å². The van der Waals surface area contributed by atoms with Crippen LogP contribution >= 0.6 is 0 Å². The third kappa shape index (κ3) is 6.17. The summed E-state index contributed by atoms with van der Waals surface area (Å²) in [5, 5.41) is 21.1. The number of fused-ring (bicyclic) bond motifs is 1. The smallest absolute Gasteiger partial charge is 0.370 e. The molecule has 0 atom stereocenters. The van der Waals surface area contributed by atoms with Crippen LogP contribution in [0.4, 0.5) is 30.2 Å². The number of alkyl halides is 3. The van der Waals surface area contributed by atoms with E-state index in [0.29, 0.717) is 22.4 Å². The van der Waals surface area contributed by atoms with Crippen molar-refractivity contribution in [2.75, 3.05) is 28.6 Å². The van der Waals surface area contributed by atoms with Crippen molar-refractivity contribution in [1.29, 1.82) is 0 Å². The number of carbonyl (C=O) groups is 2. The van der Waals surface area contributed by atoms with Gasteiger partial charge in [-0.15, -0.1) is 5.10 Å². The molecule has 2 aromatic heterocycles. The minimum Gasteiger partial charge on any atom is -0.370 e. The maximum Gasteiger partial charge on any atom is 0.408 e. The van der Waals surface area contributed by atoms with Gasteiger partial charge in [0.2, 0.25) is 0 Å².